The van der Waals surface area contributed by atoms with Crippen molar-refractivity contribution in [2.45, 2.75) is 6.54 Å². The Balaban J connectivity index is 2.74. The highest BCUT2D eigenvalue weighted by molar-refractivity contribution is 5.71. The Morgan fingerprint density at radius 3 is 2.92 bits per heavy atom. The Morgan fingerprint density at radius 2 is 2.38 bits per heavy atom. The number of pyridine rings is 1. The van der Waals surface area contributed by atoms with Crippen LogP contribution in [0.5, 0.6) is 0 Å². The van der Waals surface area contributed by atoms with Crippen molar-refractivity contribution in [3.8, 4) is 0 Å². The van der Waals surface area contributed by atoms with Crippen LogP contribution in [-0.4, -0.2) is 10.6 Å². The van der Waals surface area contributed by atoms with Crippen LogP contribution in [0.3, 0.4) is 0 Å². The van der Waals surface area contributed by atoms with E-state index in [-0.39, 0.29) is 12.1 Å². The molecule has 0 saturated heterocycles. The number of rotatable bonds is 2. The highest BCUT2D eigenvalue weighted by Crippen LogP contribution is 1.92. The van der Waals surface area contributed by atoms with Gasteiger partial charge in [-0.15, -0.1) is 0 Å². The second-order valence-corrected chi connectivity index (χ2v) is 2.70. The first-order valence-electron chi connectivity index (χ1n) is 3.78. The fourth-order valence-corrected chi connectivity index (χ4v) is 0.889. The topological polar surface area (TPSA) is 77.1 Å². The third kappa shape index (κ3) is 2.62. The lowest BCUT2D eigenvalue weighted by Gasteiger charge is -2.02. The molecule has 0 fully saturated rings. The summed E-state index contributed by atoms with van der Waals surface area (Å²) >= 11 is 0. The molecule has 1 aromatic heterocycles. The summed E-state index contributed by atoms with van der Waals surface area (Å²) in [5.74, 6) is 0. The molecule has 5 heteroatoms. The van der Waals surface area contributed by atoms with Crippen molar-refractivity contribution in [3.63, 3.8) is 0 Å². The molecule has 0 aliphatic heterocycles. The molecule has 0 saturated carbocycles. The van der Waals surface area contributed by atoms with Gasteiger partial charge in [0, 0.05) is 25.9 Å². The molecule has 0 atom stereocenters. The van der Waals surface area contributed by atoms with Crippen LogP contribution in [-0.2, 0) is 13.6 Å². The summed E-state index contributed by atoms with van der Waals surface area (Å²) < 4.78 is 1.45. The van der Waals surface area contributed by atoms with E-state index in [1.165, 1.54) is 10.6 Å². The third-order valence-corrected chi connectivity index (χ3v) is 1.64. The van der Waals surface area contributed by atoms with Gasteiger partial charge < -0.3 is 15.6 Å². The number of urea groups is 1. The van der Waals surface area contributed by atoms with Gasteiger partial charge in [0.2, 0.25) is 0 Å². The van der Waals surface area contributed by atoms with Gasteiger partial charge in [0.25, 0.3) is 5.56 Å². The van der Waals surface area contributed by atoms with Crippen molar-refractivity contribution >= 4 is 6.03 Å². The lowest BCUT2D eigenvalue weighted by Crippen LogP contribution is -2.29. The first kappa shape index (κ1) is 9.31. The Kier molecular flexibility index (Phi) is 2.69. The van der Waals surface area contributed by atoms with Crippen LogP contribution in [0.1, 0.15) is 5.56 Å². The maximum Gasteiger partial charge on any atom is 0.312 e. The Labute approximate surface area is 75.2 Å². The fourth-order valence-electron chi connectivity index (χ4n) is 0.889. The molecule has 1 aromatic rings. The smallest absolute Gasteiger partial charge is 0.312 e. The Morgan fingerprint density at radius 1 is 1.69 bits per heavy atom. The van der Waals surface area contributed by atoms with Gasteiger partial charge >= 0.3 is 6.03 Å². The van der Waals surface area contributed by atoms with Crippen LogP contribution in [0.25, 0.3) is 0 Å². The van der Waals surface area contributed by atoms with Gasteiger partial charge in [-0.25, -0.2) is 4.79 Å². The minimum Gasteiger partial charge on any atom is -0.352 e. The van der Waals surface area contributed by atoms with Gasteiger partial charge in [0.1, 0.15) is 0 Å². The molecular formula is C8H11N3O2. The molecule has 0 aliphatic rings. The van der Waals surface area contributed by atoms with E-state index in [1.54, 1.807) is 19.3 Å². The van der Waals surface area contributed by atoms with Gasteiger partial charge in [0.05, 0.1) is 0 Å². The largest absolute Gasteiger partial charge is 0.352 e. The number of primary amides is 1. The normalized spacial score (nSPS) is 9.62. The number of aryl methyl sites for hydroxylation is 1. The monoisotopic (exact) mass is 181 g/mol. The third-order valence-electron chi connectivity index (χ3n) is 1.64. The van der Waals surface area contributed by atoms with Crippen LogP contribution >= 0.6 is 0 Å². The number of amides is 2. The predicted molar refractivity (Wildman–Crippen MR) is 48.1 cm³/mol. The van der Waals surface area contributed by atoms with E-state index in [4.69, 9.17) is 5.73 Å². The molecule has 1 rings (SSSR count). The van der Waals surface area contributed by atoms with Gasteiger partial charge in [-0.2, -0.15) is 0 Å². The van der Waals surface area contributed by atoms with Crippen LogP contribution < -0.4 is 16.6 Å². The zero-order chi connectivity index (χ0) is 9.84. The second kappa shape index (κ2) is 3.75. The van der Waals surface area contributed by atoms with E-state index in [0.717, 1.165) is 5.56 Å². The van der Waals surface area contributed by atoms with Crippen LogP contribution in [0, 0.1) is 0 Å². The van der Waals surface area contributed by atoms with E-state index in [1.807, 2.05) is 0 Å². The van der Waals surface area contributed by atoms with E-state index >= 15 is 0 Å². The minimum atomic E-state index is -0.597. The molecule has 1 heterocycles. The maximum atomic E-state index is 11.1. The van der Waals surface area contributed by atoms with Crippen molar-refractivity contribution in [2.75, 3.05) is 0 Å². The number of aromatic nitrogens is 1. The molecule has 0 spiro atoms. The average molecular weight is 181 g/mol. The molecule has 2 amide bonds. The molecule has 3 N–H and O–H groups in total. The van der Waals surface area contributed by atoms with E-state index in [0.29, 0.717) is 0 Å². The molecule has 0 bridgehead atoms. The highest BCUT2D eigenvalue weighted by atomic mass is 16.2. The van der Waals surface area contributed by atoms with Gasteiger partial charge in [-0.1, -0.05) is 0 Å². The summed E-state index contributed by atoms with van der Waals surface area (Å²) in [7, 11) is 1.66. The van der Waals surface area contributed by atoms with Gasteiger partial charge in [-0.3, -0.25) is 4.79 Å². The minimum absolute atomic E-state index is 0.108. The first-order chi connectivity index (χ1) is 6.09. The molecule has 0 unspecified atom stereocenters. The molecule has 0 radical (unpaired) electrons. The van der Waals surface area contributed by atoms with Gasteiger partial charge in [-0.05, 0) is 11.6 Å². The van der Waals surface area contributed by atoms with Crippen molar-refractivity contribution in [3.05, 3.63) is 34.2 Å². The zero-order valence-corrected chi connectivity index (χ0v) is 7.28. The summed E-state index contributed by atoms with van der Waals surface area (Å²) in [4.78, 5) is 21.5. The highest BCUT2D eigenvalue weighted by Gasteiger charge is 1.96. The van der Waals surface area contributed by atoms with E-state index in [9.17, 15) is 9.59 Å². The quantitative estimate of drug-likeness (QED) is 0.648. The molecular weight excluding hydrogens is 170 g/mol. The van der Waals surface area contributed by atoms with Crippen molar-refractivity contribution in [1.82, 2.24) is 9.88 Å². The van der Waals surface area contributed by atoms with Crippen LogP contribution in [0.15, 0.2) is 23.1 Å². The van der Waals surface area contributed by atoms with E-state index in [2.05, 4.69) is 5.32 Å². The summed E-state index contributed by atoms with van der Waals surface area (Å²) in [6.45, 7) is 0.283. The van der Waals surface area contributed by atoms with Crippen molar-refractivity contribution in [2.24, 2.45) is 12.8 Å². The van der Waals surface area contributed by atoms with E-state index < -0.39 is 6.03 Å². The SMILES string of the molecule is Cn1ccc(CNC(N)=O)cc1=O. The Bertz CT molecular complexity index is 370. The summed E-state index contributed by atoms with van der Waals surface area (Å²) in [5.41, 5.74) is 5.51. The number of carbonyl (C=O) groups excluding carboxylic acids is 1. The maximum absolute atomic E-state index is 11.1. The first-order valence-corrected chi connectivity index (χ1v) is 3.78. The number of hydrogen-bond acceptors (Lipinski definition) is 2. The zero-order valence-electron chi connectivity index (χ0n) is 7.28. The summed E-state index contributed by atoms with van der Waals surface area (Å²) in [5, 5.41) is 2.40. The summed E-state index contributed by atoms with van der Waals surface area (Å²) in [6, 6.07) is 2.61. The lowest BCUT2D eigenvalue weighted by molar-refractivity contribution is 0.248. The number of nitrogens with two attached hydrogens (primary N) is 1. The molecule has 13 heavy (non-hydrogen) atoms. The number of nitrogens with one attached hydrogen (secondary N) is 1. The average Bonchev–Trinajstić information content (AvgIpc) is 2.07. The predicted octanol–water partition coefficient (Wildman–Crippen LogP) is -0.446. The molecule has 5 nitrogen and oxygen atoms in total. The number of carbonyl (C=O) groups is 1. The number of nitrogens with zero attached hydrogens (tertiary/aromatic N) is 1. The fraction of sp³-hybridized carbons (Fsp3) is 0.250. The second-order valence-electron chi connectivity index (χ2n) is 2.70. The van der Waals surface area contributed by atoms with Crippen molar-refractivity contribution < 1.29 is 4.79 Å². The van der Waals surface area contributed by atoms with Crippen molar-refractivity contribution in [1.29, 1.82) is 0 Å². The lowest BCUT2D eigenvalue weighted by atomic mass is 10.2. The van der Waals surface area contributed by atoms with Crippen LogP contribution in [0.4, 0.5) is 4.79 Å². The summed E-state index contributed by atoms with van der Waals surface area (Å²) in [6.07, 6.45) is 1.64. The molecule has 0 aliphatic carbocycles. The van der Waals surface area contributed by atoms with Crippen LogP contribution in [0.2, 0.25) is 0 Å². The molecule has 0 aromatic carbocycles. The van der Waals surface area contributed by atoms with Gasteiger partial charge in [0.15, 0.2) is 0 Å². The molecule has 70 valence electrons. The standard InChI is InChI=1S/C8H11N3O2/c1-11-3-2-6(4-7(11)12)5-10-8(9)13/h2-4H,5H2,1H3,(H3,9,10,13). The Hall–Kier alpha value is -1.78. The number of hydrogen-bond donors (Lipinski definition) is 2.